The predicted molar refractivity (Wildman–Crippen MR) is 63.0 cm³/mol. The van der Waals surface area contributed by atoms with Gasteiger partial charge >= 0.3 is 0 Å². The highest BCUT2D eigenvalue weighted by Gasteiger charge is 2.09. The molecule has 1 aromatic heterocycles. The Morgan fingerprint density at radius 1 is 1.31 bits per heavy atom. The summed E-state index contributed by atoms with van der Waals surface area (Å²) in [5.41, 5.74) is 0.666. The summed E-state index contributed by atoms with van der Waals surface area (Å²) in [6.07, 6.45) is 5.01. The lowest BCUT2D eigenvalue weighted by molar-refractivity contribution is -0.116. The third kappa shape index (κ3) is 5.41. The van der Waals surface area contributed by atoms with E-state index in [1.54, 1.807) is 12.4 Å². The van der Waals surface area contributed by atoms with Gasteiger partial charge in [-0.2, -0.15) is 0 Å². The molecule has 1 heterocycles. The summed E-state index contributed by atoms with van der Waals surface area (Å²) in [5, 5.41) is 5.97. The highest BCUT2D eigenvalue weighted by Crippen LogP contribution is 2.02. The van der Waals surface area contributed by atoms with Gasteiger partial charge in [0.25, 0.3) is 0 Å². The molecule has 1 aromatic rings. The molecule has 0 saturated carbocycles. The topological polar surface area (TPSA) is 66.9 Å². The molecular weight excluding hydrogens is 204 g/mol. The second-order valence-corrected chi connectivity index (χ2v) is 4.60. The summed E-state index contributed by atoms with van der Waals surface area (Å²) in [4.78, 5) is 19.1. The quantitative estimate of drug-likeness (QED) is 0.803. The Hall–Kier alpha value is -1.49. The van der Waals surface area contributed by atoms with E-state index >= 15 is 0 Å². The number of carbonyl (C=O) groups is 1. The Labute approximate surface area is 95.7 Å². The average Bonchev–Trinajstić information content (AvgIpc) is 2.17. The van der Waals surface area contributed by atoms with Gasteiger partial charge in [0.2, 0.25) is 5.91 Å². The molecule has 0 fully saturated rings. The van der Waals surface area contributed by atoms with Gasteiger partial charge in [-0.25, -0.2) is 9.97 Å². The fraction of sp³-hybridized carbons (Fsp3) is 0.545. The van der Waals surface area contributed by atoms with Gasteiger partial charge in [-0.15, -0.1) is 0 Å². The van der Waals surface area contributed by atoms with Gasteiger partial charge in [0.05, 0.1) is 18.1 Å². The number of aromatic nitrogens is 2. The zero-order valence-electron chi connectivity index (χ0n) is 9.95. The minimum Gasteiger partial charge on any atom is -0.323 e. The molecule has 0 unspecified atom stereocenters. The summed E-state index contributed by atoms with van der Waals surface area (Å²) < 4.78 is 0. The van der Waals surface area contributed by atoms with Crippen LogP contribution in [0, 0.1) is 0 Å². The fourth-order valence-electron chi connectivity index (χ4n) is 1.14. The second-order valence-electron chi connectivity index (χ2n) is 4.60. The molecule has 0 aromatic carbocycles. The van der Waals surface area contributed by atoms with Gasteiger partial charge in [-0.1, -0.05) is 0 Å². The van der Waals surface area contributed by atoms with Crippen LogP contribution in [-0.4, -0.2) is 28.0 Å². The molecule has 5 nitrogen and oxygen atoms in total. The number of nitrogens with zero attached hydrogens (tertiary/aromatic N) is 2. The zero-order valence-corrected chi connectivity index (χ0v) is 9.95. The van der Waals surface area contributed by atoms with Gasteiger partial charge in [0.15, 0.2) is 0 Å². The van der Waals surface area contributed by atoms with E-state index in [4.69, 9.17) is 0 Å². The van der Waals surface area contributed by atoms with Crippen LogP contribution in [0.1, 0.15) is 27.2 Å². The van der Waals surface area contributed by atoms with Crippen molar-refractivity contribution in [3.63, 3.8) is 0 Å². The van der Waals surface area contributed by atoms with Crippen molar-refractivity contribution in [2.45, 2.75) is 32.7 Å². The molecule has 2 N–H and O–H groups in total. The molecule has 0 bridgehead atoms. The highest BCUT2D eigenvalue weighted by molar-refractivity contribution is 5.90. The van der Waals surface area contributed by atoms with Crippen molar-refractivity contribution in [3.05, 3.63) is 18.7 Å². The van der Waals surface area contributed by atoms with E-state index in [0.717, 1.165) is 0 Å². The molecule has 0 aliphatic rings. The smallest absolute Gasteiger partial charge is 0.225 e. The molecule has 1 amide bonds. The normalized spacial score (nSPS) is 11.2. The van der Waals surface area contributed by atoms with Gasteiger partial charge < -0.3 is 10.6 Å². The number of carbonyl (C=O) groups excluding carboxylic acids is 1. The zero-order chi connectivity index (χ0) is 12.0. The molecule has 0 aliphatic heterocycles. The van der Waals surface area contributed by atoms with Crippen LogP contribution < -0.4 is 10.6 Å². The Kier molecular flexibility index (Phi) is 4.37. The molecule has 88 valence electrons. The van der Waals surface area contributed by atoms with Crippen LogP contribution in [0.2, 0.25) is 0 Å². The summed E-state index contributed by atoms with van der Waals surface area (Å²) in [6.45, 7) is 6.85. The van der Waals surface area contributed by atoms with Crippen LogP contribution >= 0.6 is 0 Å². The SMILES string of the molecule is CC(C)(C)NCCC(=O)Nc1cncnc1. The fourth-order valence-corrected chi connectivity index (χ4v) is 1.14. The van der Waals surface area contributed by atoms with Crippen molar-refractivity contribution in [2.75, 3.05) is 11.9 Å². The lowest BCUT2D eigenvalue weighted by atomic mass is 10.1. The standard InChI is InChI=1S/C11H18N4O/c1-11(2,3)14-5-4-10(16)15-9-6-12-8-13-7-9/h6-8,14H,4-5H2,1-3H3,(H,15,16). The molecule has 0 saturated heterocycles. The summed E-state index contributed by atoms with van der Waals surface area (Å²) in [5.74, 6) is -0.0356. The molecular formula is C11H18N4O. The van der Waals surface area contributed by atoms with Crippen molar-refractivity contribution in [2.24, 2.45) is 0 Å². The van der Waals surface area contributed by atoms with Crippen LogP contribution in [0.5, 0.6) is 0 Å². The lowest BCUT2D eigenvalue weighted by Gasteiger charge is -2.20. The lowest BCUT2D eigenvalue weighted by Crippen LogP contribution is -2.37. The number of anilines is 1. The third-order valence-electron chi connectivity index (χ3n) is 1.85. The number of hydrogen-bond acceptors (Lipinski definition) is 4. The van der Waals surface area contributed by atoms with Crippen molar-refractivity contribution in [1.82, 2.24) is 15.3 Å². The molecule has 5 heteroatoms. The molecule has 1 rings (SSSR count). The van der Waals surface area contributed by atoms with E-state index in [9.17, 15) is 4.79 Å². The summed E-state index contributed by atoms with van der Waals surface area (Å²) in [7, 11) is 0. The first-order chi connectivity index (χ1) is 7.47. The van der Waals surface area contributed by atoms with E-state index in [1.165, 1.54) is 6.33 Å². The van der Waals surface area contributed by atoms with Crippen LogP contribution in [0.25, 0.3) is 0 Å². The van der Waals surface area contributed by atoms with E-state index < -0.39 is 0 Å². The van der Waals surface area contributed by atoms with Gasteiger partial charge in [-0.05, 0) is 20.8 Å². The highest BCUT2D eigenvalue weighted by atomic mass is 16.1. The number of hydrogen-bond donors (Lipinski definition) is 2. The van der Waals surface area contributed by atoms with Crippen LogP contribution in [0.15, 0.2) is 18.7 Å². The monoisotopic (exact) mass is 222 g/mol. The predicted octanol–water partition coefficient (Wildman–Crippen LogP) is 1.19. The van der Waals surface area contributed by atoms with Crippen molar-refractivity contribution in [3.8, 4) is 0 Å². The van der Waals surface area contributed by atoms with E-state index in [-0.39, 0.29) is 11.4 Å². The second kappa shape index (κ2) is 5.55. The van der Waals surface area contributed by atoms with Crippen molar-refractivity contribution in [1.29, 1.82) is 0 Å². The maximum absolute atomic E-state index is 11.5. The molecule has 0 aliphatic carbocycles. The first-order valence-electron chi connectivity index (χ1n) is 5.27. The summed E-state index contributed by atoms with van der Waals surface area (Å²) in [6, 6.07) is 0. The van der Waals surface area contributed by atoms with Crippen molar-refractivity contribution >= 4 is 11.6 Å². The van der Waals surface area contributed by atoms with E-state index in [1.807, 2.05) is 0 Å². The first-order valence-corrected chi connectivity index (χ1v) is 5.27. The van der Waals surface area contributed by atoms with E-state index in [0.29, 0.717) is 18.7 Å². The van der Waals surface area contributed by atoms with Crippen LogP contribution in [0.4, 0.5) is 5.69 Å². The van der Waals surface area contributed by atoms with Gasteiger partial charge in [0, 0.05) is 18.5 Å². The molecule has 0 radical (unpaired) electrons. The van der Waals surface area contributed by atoms with Crippen LogP contribution in [0.3, 0.4) is 0 Å². The maximum atomic E-state index is 11.5. The Bertz CT molecular complexity index is 332. The average molecular weight is 222 g/mol. The van der Waals surface area contributed by atoms with E-state index in [2.05, 4.69) is 41.4 Å². The molecule has 0 atom stereocenters. The number of rotatable bonds is 4. The van der Waals surface area contributed by atoms with Gasteiger partial charge in [0.1, 0.15) is 6.33 Å². The molecule has 0 spiro atoms. The largest absolute Gasteiger partial charge is 0.323 e. The van der Waals surface area contributed by atoms with Crippen LogP contribution in [-0.2, 0) is 4.79 Å². The molecule has 16 heavy (non-hydrogen) atoms. The minimum atomic E-state index is -0.0356. The Balaban J connectivity index is 2.27. The number of amides is 1. The maximum Gasteiger partial charge on any atom is 0.225 e. The first kappa shape index (κ1) is 12.6. The minimum absolute atomic E-state index is 0.0356. The number of nitrogens with one attached hydrogen (secondary N) is 2. The Morgan fingerprint density at radius 3 is 2.50 bits per heavy atom. The third-order valence-corrected chi connectivity index (χ3v) is 1.85. The van der Waals surface area contributed by atoms with Crippen molar-refractivity contribution < 1.29 is 4.79 Å². The summed E-state index contributed by atoms with van der Waals surface area (Å²) >= 11 is 0. The van der Waals surface area contributed by atoms with Gasteiger partial charge in [-0.3, -0.25) is 4.79 Å². The Morgan fingerprint density at radius 2 is 1.94 bits per heavy atom.